The number of hydrogen-bond acceptors (Lipinski definition) is 4. The van der Waals surface area contributed by atoms with Gasteiger partial charge in [0, 0.05) is 25.4 Å². The summed E-state index contributed by atoms with van der Waals surface area (Å²) in [7, 11) is 0. The number of aliphatic imine (C=N–C) groups is 1. The fraction of sp³-hybridized carbons (Fsp3) is 0.211. The first-order valence-corrected chi connectivity index (χ1v) is 7.77. The van der Waals surface area contributed by atoms with Gasteiger partial charge in [0.25, 0.3) is 0 Å². The summed E-state index contributed by atoms with van der Waals surface area (Å²) in [6.07, 6.45) is 3.93. The average Bonchev–Trinajstić information content (AvgIpc) is 2.62. The second-order valence-electron chi connectivity index (χ2n) is 5.16. The number of hydrogen-bond donors (Lipinski definition) is 0. The molecule has 0 atom stereocenters. The van der Waals surface area contributed by atoms with Gasteiger partial charge in [0.15, 0.2) is 0 Å². The molecule has 1 fully saturated rings. The minimum atomic E-state index is 0.564. The molecular formula is C19H20N2O2. The molecule has 2 aromatic carbocycles. The van der Waals surface area contributed by atoms with Gasteiger partial charge in [-0.2, -0.15) is 0 Å². The van der Waals surface area contributed by atoms with E-state index in [1.807, 2.05) is 72.9 Å². The lowest BCUT2D eigenvalue weighted by atomic mass is 10.3. The van der Waals surface area contributed by atoms with Crippen molar-refractivity contribution in [3.8, 4) is 5.75 Å². The summed E-state index contributed by atoms with van der Waals surface area (Å²) in [5.74, 6) is 1.34. The normalized spacial score (nSPS) is 15.8. The SMILES string of the molecule is C(=C\N1CCOCC1)/C(=Nc1ccccc1)Oc1ccccc1. The van der Waals surface area contributed by atoms with Crippen LogP contribution in [-0.4, -0.2) is 37.1 Å². The van der Waals surface area contributed by atoms with Gasteiger partial charge in [-0.1, -0.05) is 36.4 Å². The van der Waals surface area contributed by atoms with Crippen molar-refractivity contribution in [2.24, 2.45) is 4.99 Å². The van der Waals surface area contributed by atoms with E-state index in [2.05, 4.69) is 9.89 Å². The molecule has 0 unspecified atom stereocenters. The number of para-hydroxylation sites is 2. The van der Waals surface area contributed by atoms with Crippen molar-refractivity contribution >= 4 is 11.6 Å². The first kappa shape index (κ1) is 15.3. The molecule has 0 radical (unpaired) electrons. The Bertz CT molecular complexity index is 648. The topological polar surface area (TPSA) is 34.1 Å². The lowest BCUT2D eigenvalue weighted by Gasteiger charge is -2.25. The van der Waals surface area contributed by atoms with Gasteiger partial charge in [-0.15, -0.1) is 0 Å². The zero-order valence-corrected chi connectivity index (χ0v) is 13.0. The summed E-state index contributed by atoms with van der Waals surface area (Å²) in [5.41, 5.74) is 0.866. The Morgan fingerprint density at radius 1 is 0.957 bits per heavy atom. The molecule has 0 aromatic heterocycles. The van der Waals surface area contributed by atoms with Crippen molar-refractivity contribution in [1.29, 1.82) is 0 Å². The smallest absolute Gasteiger partial charge is 0.221 e. The molecule has 3 rings (SSSR count). The third-order valence-electron chi connectivity index (χ3n) is 3.43. The third kappa shape index (κ3) is 4.97. The number of nitrogens with zero attached hydrogens (tertiary/aromatic N) is 2. The average molecular weight is 308 g/mol. The van der Waals surface area contributed by atoms with Gasteiger partial charge < -0.3 is 14.4 Å². The highest BCUT2D eigenvalue weighted by Gasteiger charge is 2.06. The molecule has 0 amide bonds. The summed E-state index contributed by atoms with van der Waals surface area (Å²) in [5, 5.41) is 0. The van der Waals surface area contributed by atoms with Crippen LogP contribution in [0.5, 0.6) is 5.75 Å². The van der Waals surface area contributed by atoms with Gasteiger partial charge in [0.05, 0.1) is 18.9 Å². The molecule has 0 N–H and O–H groups in total. The highest BCUT2D eigenvalue weighted by Crippen LogP contribution is 2.14. The van der Waals surface area contributed by atoms with Gasteiger partial charge in [0.2, 0.25) is 5.90 Å². The fourth-order valence-corrected chi connectivity index (χ4v) is 2.23. The maximum Gasteiger partial charge on any atom is 0.221 e. The fourth-order valence-electron chi connectivity index (χ4n) is 2.23. The third-order valence-corrected chi connectivity index (χ3v) is 3.43. The number of rotatable bonds is 4. The Hall–Kier alpha value is -2.59. The van der Waals surface area contributed by atoms with Crippen molar-refractivity contribution < 1.29 is 9.47 Å². The molecule has 2 aromatic rings. The predicted molar refractivity (Wildman–Crippen MR) is 92.1 cm³/mol. The van der Waals surface area contributed by atoms with E-state index in [1.165, 1.54) is 0 Å². The standard InChI is InChI=1S/C19H20N2O2/c1-3-7-17(8-4-1)20-19(23-18-9-5-2-6-10-18)11-12-21-13-15-22-16-14-21/h1-12H,13-16H2/b12-11+,20-19?. The molecule has 0 aliphatic carbocycles. The Balaban J connectivity index is 1.78. The number of morpholine rings is 1. The maximum absolute atomic E-state index is 5.91. The zero-order valence-electron chi connectivity index (χ0n) is 13.0. The van der Waals surface area contributed by atoms with E-state index in [-0.39, 0.29) is 0 Å². The van der Waals surface area contributed by atoms with E-state index in [4.69, 9.17) is 9.47 Å². The number of benzene rings is 2. The van der Waals surface area contributed by atoms with Gasteiger partial charge in [0.1, 0.15) is 5.75 Å². The molecular weight excluding hydrogens is 288 g/mol. The van der Waals surface area contributed by atoms with Crippen molar-refractivity contribution in [2.75, 3.05) is 26.3 Å². The molecule has 1 saturated heterocycles. The van der Waals surface area contributed by atoms with Gasteiger partial charge in [-0.3, -0.25) is 0 Å². The first-order valence-electron chi connectivity index (χ1n) is 7.77. The minimum Gasteiger partial charge on any atom is -0.439 e. The maximum atomic E-state index is 5.91. The van der Waals surface area contributed by atoms with Gasteiger partial charge in [-0.25, -0.2) is 4.99 Å². The van der Waals surface area contributed by atoms with Crippen LogP contribution in [0.15, 0.2) is 77.9 Å². The summed E-state index contributed by atoms with van der Waals surface area (Å²) in [6, 6.07) is 19.5. The highest BCUT2D eigenvalue weighted by molar-refractivity contribution is 5.91. The minimum absolute atomic E-state index is 0.564. The van der Waals surface area contributed by atoms with E-state index >= 15 is 0 Å². The predicted octanol–water partition coefficient (Wildman–Crippen LogP) is 3.64. The van der Waals surface area contributed by atoms with Crippen molar-refractivity contribution in [3.63, 3.8) is 0 Å². The Kier molecular flexibility index (Phi) is 5.43. The molecule has 4 heteroatoms. The summed E-state index contributed by atoms with van der Waals surface area (Å²) >= 11 is 0. The molecule has 1 aliphatic heterocycles. The molecule has 118 valence electrons. The molecule has 0 bridgehead atoms. The second-order valence-corrected chi connectivity index (χ2v) is 5.16. The van der Waals surface area contributed by atoms with Gasteiger partial charge in [-0.05, 0) is 24.3 Å². The molecule has 1 aliphatic rings. The van der Waals surface area contributed by atoms with E-state index < -0.39 is 0 Å². The lowest BCUT2D eigenvalue weighted by Crippen LogP contribution is -2.32. The zero-order chi connectivity index (χ0) is 15.7. The van der Waals surface area contributed by atoms with Crippen LogP contribution in [0.3, 0.4) is 0 Å². The van der Waals surface area contributed by atoms with Crippen LogP contribution in [0, 0.1) is 0 Å². The monoisotopic (exact) mass is 308 g/mol. The largest absolute Gasteiger partial charge is 0.439 e. The highest BCUT2D eigenvalue weighted by atomic mass is 16.5. The second kappa shape index (κ2) is 8.15. The summed E-state index contributed by atoms with van der Waals surface area (Å²) in [6.45, 7) is 3.30. The first-order chi connectivity index (χ1) is 11.4. The Morgan fingerprint density at radius 3 is 2.30 bits per heavy atom. The van der Waals surface area contributed by atoms with Crippen molar-refractivity contribution in [2.45, 2.75) is 0 Å². The van der Waals surface area contributed by atoms with E-state index in [9.17, 15) is 0 Å². The van der Waals surface area contributed by atoms with Crippen molar-refractivity contribution in [3.05, 3.63) is 72.9 Å². The van der Waals surface area contributed by atoms with Gasteiger partial charge >= 0.3 is 0 Å². The van der Waals surface area contributed by atoms with Crippen LogP contribution in [0.2, 0.25) is 0 Å². The van der Waals surface area contributed by atoms with Crippen molar-refractivity contribution in [1.82, 2.24) is 4.90 Å². The van der Waals surface area contributed by atoms with Crippen LogP contribution >= 0.6 is 0 Å². The number of ether oxygens (including phenoxy) is 2. The molecule has 0 spiro atoms. The molecule has 1 heterocycles. The Labute approximate surface area is 136 Å². The van der Waals surface area contributed by atoms with Crippen LogP contribution in [-0.2, 0) is 4.74 Å². The van der Waals surface area contributed by atoms with E-state index in [0.29, 0.717) is 5.90 Å². The summed E-state index contributed by atoms with van der Waals surface area (Å²) in [4.78, 5) is 6.79. The van der Waals surface area contributed by atoms with Crippen LogP contribution in [0.4, 0.5) is 5.69 Å². The van der Waals surface area contributed by atoms with E-state index in [0.717, 1.165) is 37.7 Å². The van der Waals surface area contributed by atoms with E-state index in [1.54, 1.807) is 0 Å². The summed E-state index contributed by atoms with van der Waals surface area (Å²) < 4.78 is 11.3. The van der Waals surface area contributed by atoms with Crippen LogP contribution in [0.1, 0.15) is 0 Å². The molecule has 0 saturated carbocycles. The van der Waals surface area contributed by atoms with Crippen LogP contribution < -0.4 is 4.74 Å². The molecule has 4 nitrogen and oxygen atoms in total. The Morgan fingerprint density at radius 2 is 1.61 bits per heavy atom. The molecule has 23 heavy (non-hydrogen) atoms. The quantitative estimate of drug-likeness (QED) is 0.639. The lowest BCUT2D eigenvalue weighted by molar-refractivity contribution is 0.0594. The van der Waals surface area contributed by atoms with Crippen LogP contribution in [0.25, 0.3) is 0 Å².